The monoisotopic (exact) mass is 443 g/mol. The summed E-state index contributed by atoms with van der Waals surface area (Å²) in [6.45, 7) is 0. The number of fused-ring (bicyclic) bond motifs is 2. The Morgan fingerprint density at radius 2 is 1.88 bits per heavy atom. The van der Waals surface area contributed by atoms with E-state index in [0.717, 1.165) is 26.9 Å². The van der Waals surface area contributed by atoms with Gasteiger partial charge in [0.1, 0.15) is 6.29 Å². The van der Waals surface area contributed by atoms with Gasteiger partial charge in [0.2, 0.25) is 5.91 Å². The third kappa shape index (κ3) is 4.40. The molecule has 2 heterocycles. The Bertz CT molecular complexity index is 1280. The number of nitrogens with one attached hydrogen (secondary N) is 2. The lowest BCUT2D eigenvalue weighted by molar-refractivity contribution is -0.129. The van der Waals surface area contributed by atoms with Crippen LogP contribution in [0.15, 0.2) is 48.7 Å². The van der Waals surface area contributed by atoms with Gasteiger partial charge in [0, 0.05) is 41.9 Å². The van der Waals surface area contributed by atoms with Crippen LogP contribution in [0.4, 0.5) is 0 Å². The number of hydrogen-bond donors (Lipinski definition) is 3. The van der Waals surface area contributed by atoms with E-state index in [1.807, 2.05) is 18.2 Å². The molecule has 0 saturated heterocycles. The largest absolute Gasteiger partial charge is 0.361 e. The Morgan fingerprint density at radius 1 is 1.15 bits per heavy atom. The van der Waals surface area contributed by atoms with Crippen LogP contribution < -0.4 is 5.48 Å². The summed E-state index contributed by atoms with van der Waals surface area (Å²) >= 11 is 0. The molecular weight excluding hydrogens is 422 g/mol. The third-order valence-corrected chi connectivity index (χ3v) is 5.57. The molecule has 8 nitrogen and oxygen atoms in total. The summed E-state index contributed by atoms with van der Waals surface area (Å²) < 4.78 is 0. The highest BCUT2D eigenvalue weighted by Crippen LogP contribution is 2.27. The van der Waals surface area contributed by atoms with Crippen molar-refractivity contribution in [1.29, 1.82) is 0 Å². The number of aromatic nitrogens is 1. The standard InChI is InChI=1S/C25H21N3O5/c29-15-18(28-24(31)19-7-4-5-8-20(19)25(28)32)13-17-14-26-22-11-10-16(12-21(17)22)6-2-1-3-9-23(30)27-33/h4-5,7-8,10-12,14-15,18,26,33H,1,3,9,13H2,(H,27,30). The van der Waals surface area contributed by atoms with Gasteiger partial charge in [-0.3, -0.25) is 24.5 Å². The maximum absolute atomic E-state index is 12.8. The van der Waals surface area contributed by atoms with Gasteiger partial charge in [-0.1, -0.05) is 24.0 Å². The van der Waals surface area contributed by atoms with Crippen molar-refractivity contribution in [3.63, 3.8) is 0 Å². The van der Waals surface area contributed by atoms with Crippen molar-refractivity contribution in [2.24, 2.45) is 0 Å². The molecule has 0 spiro atoms. The van der Waals surface area contributed by atoms with E-state index in [1.54, 1.807) is 35.9 Å². The summed E-state index contributed by atoms with van der Waals surface area (Å²) in [4.78, 5) is 52.7. The smallest absolute Gasteiger partial charge is 0.262 e. The van der Waals surface area contributed by atoms with Crippen LogP contribution >= 0.6 is 0 Å². The molecule has 3 aromatic rings. The summed E-state index contributed by atoms with van der Waals surface area (Å²) in [6.07, 6.45) is 3.80. The van der Waals surface area contributed by atoms with Gasteiger partial charge in [0.15, 0.2) is 0 Å². The van der Waals surface area contributed by atoms with Crippen molar-refractivity contribution >= 4 is 34.9 Å². The Hall–Kier alpha value is -4.22. The van der Waals surface area contributed by atoms with Crippen molar-refractivity contribution in [2.75, 3.05) is 0 Å². The zero-order valence-corrected chi connectivity index (χ0v) is 17.6. The molecule has 1 unspecified atom stereocenters. The summed E-state index contributed by atoms with van der Waals surface area (Å²) in [5.74, 6) is 4.67. The fourth-order valence-electron chi connectivity index (χ4n) is 3.92. The first-order valence-electron chi connectivity index (χ1n) is 10.5. The minimum absolute atomic E-state index is 0.183. The highest BCUT2D eigenvalue weighted by Gasteiger charge is 2.39. The van der Waals surface area contributed by atoms with Crippen molar-refractivity contribution in [1.82, 2.24) is 15.4 Å². The Morgan fingerprint density at radius 3 is 2.55 bits per heavy atom. The van der Waals surface area contributed by atoms with Crippen LogP contribution in [0.5, 0.6) is 0 Å². The fourth-order valence-corrected chi connectivity index (χ4v) is 3.92. The van der Waals surface area contributed by atoms with Crippen molar-refractivity contribution in [2.45, 2.75) is 31.7 Å². The molecule has 1 aliphatic heterocycles. The SMILES string of the molecule is O=CC(Cc1c[nH]c2ccc(C#CCCCC(=O)NO)cc12)N1C(=O)c2ccccc2C1=O. The van der Waals surface area contributed by atoms with E-state index in [1.165, 1.54) is 0 Å². The lowest BCUT2D eigenvalue weighted by Gasteiger charge is -2.21. The van der Waals surface area contributed by atoms with E-state index in [2.05, 4.69) is 16.8 Å². The zero-order chi connectivity index (χ0) is 23.4. The molecule has 1 aromatic heterocycles. The first-order valence-corrected chi connectivity index (χ1v) is 10.5. The molecule has 0 radical (unpaired) electrons. The highest BCUT2D eigenvalue weighted by atomic mass is 16.5. The van der Waals surface area contributed by atoms with Crippen molar-refractivity contribution in [3.8, 4) is 11.8 Å². The first-order chi connectivity index (χ1) is 16.0. The predicted molar refractivity (Wildman–Crippen MR) is 119 cm³/mol. The van der Waals surface area contributed by atoms with E-state index in [4.69, 9.17) is 5.21 Å². The maximum atomic E-state index is 12.8. The van der Waals surface area contributed by atoms with Crippen LogP contribution in [0.25, 0.3) is 10.9 Å². The second-order valence-electron chi connectivity index (χ2n) is 7.70. The molecule has 2 aromatic carbocycles. The Kier molecular flexibility index (Phi) is 6.33. The lowest BCUT2D eigenvalue weighted by atomic mass is 10.0. The molecule has 166 valence electrons. The maximum Gasteiger partial charge on any atom is 0.262 e. The number of unbranched alkanes of at least 4 members (excludes halogenated alkanes) is 1. The fraction of sp³-hybridized carbons (Fsp3) is 0.200. The highest BCUT2D eigenvalue weighted by molar-refractivity contribution is 6.22. The molecule has 0 aliphatic carbocycles. The summed E-state index contributed by atoms with van der Waals surface area (Å²) in [5, 5.41) is 9.35. The lowest BCUT2D eigenvalue weighted by Crippen LogP contribution is -2.42. The van der Waals surface area contributed by atoms with E-state index in [-0.39, 0.29) is 12.8 Å². The van der Waals surface area contributed by atoms with Gasteiger partial charge < -0.3 is 9.78 Å². The number of carbonyl (C=O) groups excluding carboxylic acids is 4. The average Bonchev–Trinajstić information content (AvgIpc) is 3.35. The Balaban J connectivity index is 1.52. The van der Waals surface area contributed by atoms with E-state index >= 15 is 0 Å². The normalized spacial score (nSPS) is 13.4. The number of carbonyl (C=O) groups is 4. The van der Waals surface area contributed by atoms with Gasteiger partial charge in [-0.25, -0.2) is 5.48 Å². The van der Waals surface area contributed by atoms with Crippen LogP contribution in [-0.2, 0) is 16.0 Å². The molecular formula is C25H21N3O5. The number of imide groups is 1. The van der Waals surface area contributed by atoms with Gasteiger partial charge in [-0.05, 0) is 42.3 Å². The van der Waals surface area contributed by atoms with Crippen molar-refractivity contribution in [3.05, 3.63) is 70.9 Å². The van der Waals surface area contributed by atoms with Crippen LogP contribution in [0.3, 0.4) is 0 Å². The van der Waals surface area contributed by atoms with Crippen LogP contribution in [0.2, 0.25) is 0 Å². The van der Waals surface area contributed by atoms with E-state index in [0.29, 0.717) is 30.3 Å². The minimum atomic E-state index is -0.927. The number of nitrogens with zero attached hydrogens (tertiary/aromatic N) is 1. The van der Waals surface area contributed by atoms with Gasteiger partial charge in [0.25, 0.3) is 11.8 Å². The van der Waals surface area contributed by atoms with Crippen LogP contribution in [0, 0.1) is 11.8 Å². The second-order valence-corrected chi connectivity index (χ2v) is 7.70. The number of amides is 3. The second kappa shape index (κ2) is 9.51. The average molecular weight is 443 g/mol. The molecule has 33 heavy (non-hydrogen) atoms. The molecule has 4 rings (SSSR count). The molecule has 0 fully saturated rings. The van der Waals surface area contributed by atoms with Crippen molar-refractivity contribution < 1.29 is 24.4 Å². The Labute approximate surface area is 189 Å². The molecule has 1 atom stereocenters. The third-order valence-electron chi connectivity index (χ3n) is 5.57. The number of rotatable bonds is 7. The minimum Gasteiger partial charge on any atom is -0.361 e. The van der Waals surface area contributed by atoms with Gasteiger partial charge in [-0.2, -0.15) is 0 Å². The zero-order valence-electron chi connectivity index (χ0n) is 17.6. The van der Waals surface area contributed by atoms with E-state index < -0.39 is 23.8 Å². The van der Waals surface area contributed by atoms with E-state index in [9.17, 15) is 19.2 Å². The topological polar surface area (TPSA) is 120 Å². The number of hydrogen-bond acceptors (Lipinski definition) is 5. The number of benzene rings is 2. The first kappa shape index (κ1) is 22.0. The molecule has 1 aliphatic rings. The quantitative estimate of drug-likeness (QED) is 0.130. The van der Waals surface area contributed by atoms with Gasteiger partial charge in [0.05, 0.1) is 17.2 Å². The number of aldehydes is 1. The molecule has 3 amide bonds. The number of aromatic amines is 1. The van der Waals surface area contributed by atoms with Crippen LogP contribution in [-0.4, -0.2) is 45.1 Å². The summed E-state index contributed by atoms with van der Waals surface area (Å²) in [6, 6.07) is 11.2. The molecule has 0 bridgehead atoms. The molecule has 3 N–H and O–H groups in total. The van der Waals surface area contributed by atoms with Gasteiger partial charge >= 0.3 is 0 Å². The van der Waals surface area contributed by atoms with Crippen LogP contribution in [0.1, 0.15) is 51.1 Å². The predicted octanol–water partition coefficient (Wildman–Crippen LogP) is 2.60. The summed E-state index contributed by atoms with van der Waals surface area (Å²) in [7, 11) is 0. The molecule has 8 heteroatoms. The van der Waals surface area contributed by atoms with Gasteiger partial charge in [-0.15, -0.1) is 0 Å². The molecule has 0 saturated carbocycles. The number of H-pyrrole nitrogens is 1. The summed E-state index contributed by atoms with van der Waals surface area (Å²) in [5.41, 5.74) is 4.61. The number of hydroxylamine groups is 1.